The normalized spacial score (nSPS) is 16.1. The Morgan fingerprint density at radius 2 is 2.08 bits per heavy atom. The largest absolute Gasteiger partial charge is 0.507 e. The summed E-state index contributed by atoms with van der Waals surface area (Å²) in [5, 5.41) is 9.98. The molecule has 0 unspecified atom stereocenters. The zero-order chi connectivity index (χ0) is 18.0. The third kappa shape index (κ3) is 3.55. The summed E-state index contributed by atoms with van der Waals surface area (Å²) in [4.78, 5) is 16.6. The first-order valence-corrected chi connectivity index (χ1v) is 8.55. The molecule has 132 valence electrons. The number of rotatable bonds is 4. The number of likely N-dealkylation sites (N-methyl/N-ethyl adjacent to an activating group) is 2. The Hall–Kier alpha value is -2.69. The van der Waals surface area contributed by atoms with Crippen LogP contribution in [0.25, 0.3) is 0 Å². The van der Waals surface area contributed by atoms with E-state index >= 15 is 0 Å². The van der Waals surface area contributed by atoms with Gasteiger partial charge in [-0.1, -0.05) is 23.8 Å². The van der Waals surface area contributed by atoms with E-state index < -0.39 is 0 Å². The number of aryl methyl sites for hydroxylation is 1. The summed E-state index contributed by atoms with van der Waals surface area (Å²) in [6, 6.07) is 13.0. The molecule has 1 N–H and O–H groups in total. The summed E-state index contributed by atoms with van der Waals surface area (Å²) >= 11 is 0. The van der Waals surface area contributed by atoms with Crippen molar-refractivity contribution in [1.82, 2.24) is 4.90 Å². The molecule has 0 saturated carbocycles. The minimum Gasteiger partial charge on any atom is -0.507 e. The Morgan fingerprint density at radius 3 is 2.84 bits per heavy atom. The predicted molar refractivity (Wildman–Crippen MR) is 98.5 cm³/mol. The average molecular weight is 340 g/mol. The van der Waals surface area contributed by atoms with Gasteiger partial charge in [0.2, 0.25) is 0 Å². The minimum atomic E-state index is -0.202. The smallest absolute Gasteiger partial charge is 0.257 e. The molecule has 1 aliphatic rings. The third-order valence-electron chi connectivity index (χ3n) is 4.51. The third-order valence-corrected chi connectivity index (χ3v) is 4.51. The van der Waals surface area contributed by atoms with E-state index in [-0.39, 0.29) is 17.8 Å². The number of aromatic hydroxyl groups is 1. The molecule has 0 fully saturated rings. The molecule has 2 aromatic carbocycles. The highest BCUT2D eigenvalue weighted by molar-refractivity contribution is 5.96. The molecule has 1 aliphatic heterocycles. The number of amides is 1. The van der Waals surface area contributed by atoms with E-state index in [4.69, 9.17) is 4.74 Å². The minimum absolute atomic E-state index is 0.00698. The molecular weight excluding hydrogens is 316 g/mol. The van der Waals surface area contributed by atoms with Gasteiger partial charge in [-0.15, -0.1) is 0 Å². The molecule has 5 heteroatoms. The van der Waals surface area contributed by atoms with Crippen molar-refractivity contribution in [2.45, 2.75) is 20.0 Å². The maximum atomic E-state index is 12.7. The fourth-order valence-corrected chi connectivity index (χ4v) is 3.19. The molecule has 0 aliphatic carbocycles. The fraction of sp³-hybridized carbons (Fsp3) is 0.350. The molecule has 1 amide bonds. The van der Waals surface area contributed by atoms with Crippen molar-refractivity contribution in [1.29, 1.82) is 0 Å². The van der Waals surface area contributed by atoms with Crippen LogP contribution in [0.4, 0.5) is 5.69 Å². The molecule has 2 aromatic rings. The van der Waals surface area contributed by atoms with Crippen LogP contribution in [0.3, 0.4) is 0 Å². The number of para-hydroxylation sites is 2. The van der Waals surface area contributed by atoms with Crippen LogP contribution >= 0.6 is 0 Å². The van der Waals surface area contributed by atoms with Gasteiger partial charge < -0.3 is 19.6 Å². The fourth-order valence-electron chi connectivity index (χ4n) is 3.19. The van der Waals surface area contributed by atoms with E-state index in [1.807, 2.05) is 25.1 Å². The summed E-state index contributed by atoms with van der Waals surface area (Å²) < 4.78 is 6.08. The molecule has 0 radical (unpaired) electrons. The predicted octanol–water partition coefficient (Wildman–Crippen LogP) is 3.06. The second-order valence-corrected chi connectivity index (χ2v) is 6.45. The number of nitrogens with zero attached hydrogens (tertiary/aromatic N) is 2. The molecule has 25 heavy (non-hydrogen) atoms. The molecular formula is C20H24N2O3. The van der Waals surface area contributed by atoms with Crippen LogP contribution in [-0.4, -0.2) is 48.7 Å². The number of carbonyl (C=O) groups excluding carboxylic acids is 1. The monoisotopic (exact) mass is 340 g/mol. The van der Waals surface area contributed by atoms with E-state index in [9.17, 15) is 9.90 Å². The van der Waals surface area contributed by atoms with Crippen LogP contribution in [0.1, 0.15) is 22.8 Å². The summed E-state index contributed by atoms with van der Waals surface area (Å²) in [6.07, 6.45) is -0.115. The van der Waals surface area contributed by atoms with Gasteiger partial charge in [0.1, 0.15) is 17.6 Å². The lowest BCUT2D eigenvalue weighted by molar-refractivity contribution is 0.0706. The van der Waals surface area contributed by atoms with Gasteiger partial charge in [-0.2, -0.15) is 0 Å². The number of hydrogen-bond donors (Lipinski definition) is 1. The van der Waals surface area contributed by atoms with Gasteiger partial charge in [-0.3, -0.25) is 4.79 Å². The Labute approximate surface area is 148 Å². The zero-order valence-electron chi connectivity index (χ0n) is 14.9. The Bertz CT molecular complexity index is 775. The highest BCUT2D eigenvalue weighted by Gasteiger charge is 2.27. The van der Waals surface area contributed by atoms with Crippen molar-refractivity contribution >= 4 is 11.6 Å². The van der Waals surface area contributed by atoms with Gasteiger partial charge in [0.05, 0.1) is 24.3 Å². The van der Waals surface area contributed by atoms with Crippen LogP contribution in [-0.2, 0) is 0 Å². The molecule has 5 nitrogen and oxygen atoms in total. The van der Waals surface area contributed by atoms with Crippen LogP contribution < -0.4 is 9.64 Å². The maximum Gasteiger partial charge on any atom is 0.257 e. The van der Waals surface area contributed by atoms with Crippen LogP contribution in [0, 0.1) is 6.92 Å². The first-order valence-electron chi connectivity index (χ1n) is 8.55. The summed E-state index contributed by atoms with van der Waals surface area (Å²) in [7, 11) is 1.74. The highest BCUT2D eigenvalue weighted by atomic mass is 16.5. The number of ether oxygens (including phenoxy) is 1. The van der Waals surface area contributed by atoms with Crippen molar-refractivity contribution in [2.75, 3.05) is 31.6 Å². The van der Waals surface area contributed by atoms with Crippen molar-refractivity contribution in [3.8, 4) is 11.5 Å². The summed E-state index contributed by atoms with van der Waals surface area (Å²) in [5.41, 5.74) is 2.35. The Kier molecular flexibility index (Phi) is 4.83. The lowest BCUT2D eigenvalue weighted by Crippen LogP contribution is -2.46. The van der Waals surface area contributed by atoms with Crippen LogP contribution in [0.2, 0.25) is 0 Å². The van der Waals surface area contributed by atoms with Crippen molar-refractivity contribution in [3.05, 3.63) is 53.6 Å². The number of hydrogen-bond acceptors (Lipinski definition) is 4. The standard InChI is InChI=1S/C20H24N2O3/c1-4-22-13-15(25-19-8-6-5-7-17(19)22)12-21(3)20(24)16-11-14(2)9-10-18(16)23/h5-11,15,23H,4,12-13H2,1-3H3/t15-/m1/s1. The second-order valence-electron chi connectivity index (χ2n) is 6.45. The Morgan fingerprint density at radius 1 is 1.32 bits per heavy atom. The lowest BCUT2D eigenvalue weighted by Gasteiger charge is -2.37. The molecule has 0 spiro atoms. The van der Waals surface area contributed by atoms with Gasteiger partial charge in [-0.05, 0) is 38.1 Å². The summed E-state index contributed by atoms with van der Waals surface area (Å²) in [5.74, 6) is 0.652. The van der Waals surface area contributed by atoms with Crippen molar-refractivity contribution in [2.24, 2.45) is 0 Å². The average Bonchev–Trinajstić information content (AvgIpc) is 2.62. The van der Waals surface area contributed by atoms with Gasteiger partial charge in [-0.25, -0.2) is 0 Å². The molecule has 3 rings (SSSR count). The number of benzene rings is 2. The molecule has 1 heterocycles. The maximum absolute atomic E-state index is 12.7. The number of phenols is 1. The second kappa shape index (κ2) is 7.05. The highest BCUT2D eigenvalue weighted by Crippen LogP contribution is 2.33. The van der Waals surface area contributed by atoms with Crippen molar-refractivity contribution < 1.29 is 14.6 Å². The van der Waals surface area contributed by atoms with Gasteiger partial charge in [0, 0.05) is 13.6 Å². The zero-order valence-corrected chi connectivity index (χ0v) is 14.9. The quantitative estimate of drug-likeness (QED) is 0.929. The van der Waals surface area contributed by atoms with Crippen molar-refractivity contribution in [3.63, 3.8) is 0 Å². The molecule has 0 saturated heterocycles. The van der Waals surface area contributed by atoms with E-state index in [0.717, 1.165) is 30.1 Å². The molecule has 0 aromatic heterocycles. The van der Waals surface area contributed by atoms with E-state index in [1.54, 1.807) is 30.1 Å². The topological polar surface area (TPSA) is 53.0 Å². The van der Waals surface area contributed by atoms with E-state index in [2.05, 4.69) is 17.9 Å². The van der Waals surface area contributed by atoms with E-state index in [0.29, 0.717) is 12.1 Å². The number of phenolic OH excluding ortho intramolecular Hbond substituents is 1. The SMILES string of the molecule is CCN1C[C@@H](CN(C)C(=O)c2cc(C)ccc2O)Oc2ccccc21. The van der Waals surface area contributed by atoms with Crippen LogP contribution in [0.5, 0.6) is 11.5 Å². The lowest BCUT2D eigenvalue weighted by atomic mass is 10.1. The summed E-state index contributed by atoms with van der Waals surface area (Å²) in [6.45, 7) is 6.07. The van der Waals surface area contributed by atoms with Crippen LogP contribution in [0.15, 0.2) is 42.5 Å². The Balaban J connectivity index is 1.74. The number of fused-ring (bicyclic) bond motifs is 1. The molecule has 0 bridgehead atoms. The van der Waals surface area contributed by atoms with Gasteiger partial charge in [0.15, 0.2) is 0 Å². The molecule has 1 atom stereocenters. The first-order chi connectivity index (χ1) is 12.0. The van der Waals surface area contributed by atoms with Gasteiger partial charge >= 0.3 is 0 Å². The first kappa shape index (κ1) is 17.1. The number of anilines is 1. The van der Waals surface area contributed by atoms with E-state index in [1.165, 1.54) is 0 Å². The number of carbonyl (C=O) groups is 1. The van der Waals surface area contributed by atoms with Gasteiger partial charge in [0.25, 0.3) is 5.91 Å².